The average molecular weight is 617 g/mol. The molecule has 0 atom stereocenters. The van der Waals surface area contributed by atoms with Gasteiger partial charge in [0.15, 0.2) is 5.82 Å². The fraction of sp³-hybridized carbons (Fsp3) is 0. The molecule has 0 saturated heterocycles. The number of fused-ring (bicyclic) bond motifs is 4. The fourth-order valence-electron chi connectivity index (χ4n) is 6.45. The average Bonchev–Trinajstić information content (AvgIpc) is 3.51. The van der Waals surface area contributed by atoms with Gasteiger partial charge < -0.3 is 0 Å². The minimum Gasteiger partial charge on any atom is -0.228 e. The van der Waals surface area contributed by atoms with Gasteiger partial charge in [0.1, 0.15) is 0 Å². The van der Waals surface area contributed by atoms with E-state index in [1.54, 1.807) is 0 Å². The van der Waals surface area contributed by atoms with Crippen molar-refractivity contribution in [1.29, 1.82) is 0 Å². The van der Waals surface area contributed by atoms with E-state index in [0.29, 0.717) is 5.82 Å². The molecule has 0 fully saturated rings. The molecule has 7 aromatic carbocycles. The molecule has 2 aromatic heterocycles. The molecule has 0 N–H and O–H groups in total. The summed E-state index contributed by atoms with van der Waals surface area (Å²) in [7, 11) is 0. The van der Waals surface area contributed by atoms with Crippen LogP contribution in [0.5, 0.6) is 0 Å². The molecular formula is C44H28N2S. The van der Waals surface area contributed by atoms with Crippen molar-refractivity contribution in [3.05, 3.63) is 170 Å². The van der Waals surface area contributed by atoms with Gasteiger partial charge in [0.05, 0.1) is 11.4 Å². The Balaban J connectivity index is 1.26. The molecule has 0 aliphatic rings. The Morgan fingerprint density at radius 3 is 1.55 bits per heavy atom. The quantitative estimate of drug-likeness (QED) is 0.192. The van der Waals surface area contributed by atoms with Crippen LogP contribution < -0.4 is 0 Å². The van der Waals surface area contributed by atoms with Crippen LogP contribution in [-0.4, -0.2) is 9.97 Å². The summed E-state index contributed by atoms with van der Waals surface area (Å²) in [4.78, 5) is 10.2. The molecule has 0 saturated carbocycles. The summed E-state index contributed by atoms with van der Waals surface area (Å²) in [6.45, 7) is 0. The second-order valence-electron chi connectivity index (χ2n) is 11.9. The maximum Gasteiger partial charge on any atom is 0.160 e. The Morgan fingerprint density at radius 1 is 0.319 bits per heavy atom. The van der Waals surface area contributed by atoms with Crippen molar-refractivity contribution in [2.24, 2.45) is 0 Å². The molecule has 47 heavy (non-hydrogen) atoms. The Hall–Kier alpha value is -5.90. The molecule has 2 nitrogen and oxygen atoms in total. The molecule has 9 rings (SSSR count). The Bertz CT molecular complexity index is 2500. The summed E-state index contributed by atoms with van der Waals surface area (Å²) in [5.74, 6) is 0.715. The number of hydrogen-bond donors (Lipinski definition) is 0. The lowest BCUT2D eigenvalue weighted by Gasteiger charge is -2.13. The van der Waals surface area contributed by atoms with E-state index in [1.807, 2.05) is 35.6 Å². The second kappa shape index (κ2) is 11.5. The molecule has 0 aliphatic heterocycles. The number of aromatic nitrogens is 2. The number of nitrogens with zero attached hydrogens (tertiary/aromatic N) is 2. The molecule has 0 bridgehead atoms. The van der Waals surface area contributed by atoms with E-state index in [0.717, 1.165) is 39.2 Å². The maximum atomic E-state index is 5.17. The molecule has 0 amide bonds. The van der Waals surface area contributed by atoms with Crippen molar-refractivity contribution in [2.75, 3.05) is 0 Å². The predicted molar refractivity (Wildman–Crippen MR) is 200 cm³/mol. The largest absolute Gasteiger partial charge is 0.228 e. The third kappa shape index (κ3) is 5.17. The van der Waals surface area contributed by atoms with Crippen LogP contribution in [0, 0.1) is 0 Å². The first kappa shape index (κ1) is 27.4. The molecule has 0 aliphatic carbocycles. The lowest BCUT2D eigenvalue weighted by Crippen LogP contribution is -1.96. The summed E-state index contributed by atoms with van der Waals surface area (Å²) in [5.41, 5.74) is 9.58. The van der Waals surface area contributed by atoms with Crippen molar-refractivity contribution in [3.63, 3.8) is 0 Å². The highest BCUT2D eigenvalue weighted by atomic mass is 32.1. The number of hydrogen-bond acceptors (Lipinski definition) is 3. The first-order valence-corrected chi connectivity index (χ1v) is 16.6. The van der Waals surface area contributed by atoms with Gasteiger partial charge in [-0.15, -0.1) is 11.3 Å². The standard InChI is InChI=1S/C44H28N2S/c1-4-12-29(13-5-1)35-22-36(34-20-21-42-38(26-34)39-25-32-18-10-11-19-33(32)27-43(39)47-42)24-37(23-35)41-28-40(30-14-6-2-7-15-30)45-44(46-41)31-16-8-3-9-17-31/h1-28H. The van der Waals surface area contributed by atoms with Crippen molar-refractivity contribution >= 4 is 42.3 Å². The van der Waals surface area contributed by atoms with Gasteiger partial charge in [-0.2, -0.15) is 0 Å². The highest BCUT2D eigenvalue weighted by Gasteiger charge is 2.15. The van der Waals surface area contributed by atoms with Crippen LogP contribution in [0.1, 0.15) is 0 Å². The Morgan fingerprint density at radius 2 is 0.851 bits per heavy atom. The smallest absolute Gasteiger partial charge is 0.160 e. The van der Waals surface area contributed by atoms with Crippen LogP contribution in [0.25, 0.3) is 87.1 Å². The highest BCUT2D eigenvalue weighted by molar-refractivity contribution is 7.25. The zero-order valence-electron chi connectivity index (χ0n) is 25.5. The van der Waals surface area contributed by atoms with Crippen LogP contribution in [-0.2, 0) is 0 Å². The van der Waals surface area contributed by atoms with Gasteiger partial charge in [-0.05, 0) is 81.6 Å². The Kier molecular flexibility index (Phi) is 6.69. The fourth-order valence-corrected chi connectivity index (χ4v) is 7.57. The van der Waals surface area contributed by atoms with Crippen molar-refractivity contribution in [1.82, 2.24) is 9.97 Å². The van der Waals surface area contributed by atoms with E-state index in [-0.39, 0.29) is 0 Å². The molecule has 0 spiro atoms. The normalized spacial score (nSPS) is 11.4. The van der Waals surface area contributed by atoms with E-state index >= 15 is 0 Å². The van der Waals surface area contributed by atoms with Crippen LogP contribution in [0.15, 0.2) is 170 Å². The zero-order valence-corrected chi connectivity index (χ0v) is 26.3. The van der Waals surface area contributed by atoms with Crippen molar-refractivity contribution in [3.8, 4) is 56.2 Å². The first-order chi connectivity index (χ1) is 23.2. The van der Waals surface area contributed by atoms with Crippen LogP contribution in [0.4, 0.5) is 0 Å². The topological polar surface area (TPSA) is 25.8 Å². The molecule has 3 heteroatoms. The number of thiophene rings is 1. The van der Waals surface area contributed by atoms with Gasteiger partial charge in [-0.3, -0.25) is 0 Å². The van der Waals surface area contributed by atoms with E-state index in [4.69, 9.17) is 9.97 Å². The van der Waals surface area contributed by atoms with E-state index in [2.05, 4.69) is 146 Å². The minimum atomic E-state index is 0.715. The molecule has 0 radical (unpaired) electrons. The van der Waals surface area contributed by atoms with E-state index in [1.165, 1.54) is 42.1 Å². The van der Waals surface area contributed by atoms with Crippen LogP contribution in [0.2, 0.25) is 0 Å². The monoisotopic (exact) mass is 616 g/mol. The third-order valence-corrected chi connectivity index (χ3v) is 9.97. The third-order valence-electron chi connectivity index (χ3n) is 8.83. The molecule has 220 valence electrons. The lowest BCUT2D eigenvalue weighted by molar-refractivity contribution is 1.18. The molecule has 9 aromatic rings. The minimum absolute atomic E-state index is 0.715. The van der Waals surface area contributed by atoms with Gasteiger partial charge in [-0.1, -0.05) is 121 Å². The molecular weight excluding hydrogens is 589 g/mol. The zero-order chi connectivity index (χ0) is 31.2. The van der Waals surface area contributed by atoms with Gasteiger partial charge in [-0.25, -0.2) is 9.97 Å². The van der Waals surface area contributed by atoms with Crippen molar-refractivity contribution < 1.29 is 0 Å². The van der Waals surface area contributed by atoms with Crippen LogP contribution in [0.3, 0.4) is 0 Å². The van der Waals surface area contributed by atoms with Gasteiger partial charge in [0.25, 0.3) is 0 Å². The summed E-state index contributed by atoms with van der Waals surface area (Å²) in [5, 5.41) is 5.15. The Labute approximate surface area is 277 Å². The van der Waals surface area contributed by atoms with Crippen LogP contribution >= 0.6 is 11.3 Å². The lowest BCUT2D eigenvalue weighted by atomic mass is 9.94. The summed E-state index contributed by atoms with van der Waals surface area (Å²) < 4.78 is 2.62. The summed E-state index contributed by atoms with van der Waals surface area (Å²) in [6.07, 6.45) is 0. The van der Waals surface area contributed by atoms with E-state index in [9.17, 15) is 0 Å². The summed E-state index contributed by atoms with van der Waals surface area (Å²) >= 11 is 1.86. The first-order valence-electron chi connectivity index (χ1n) is 15.8. The highest BCUT2D eigenvalue weighted by Crippen LogP contribution is 2.40. The predicted octanol–water partition coefficient (Wildman–Crippen LogP) is 12.3. The second-order valence-corrected chi connectivity index (χ2v) is 13.0. The van der Waals surface area contributed by atoms with E-state index < -0.39 is 0 Å². The van der Waals surface area contributed by atoms with Gasteiger partial charge in [0, 0.05) is 36.9 Å². The molecule has 2 heterocycles. The number of benzene rings is 7. The molecule has 0 unspecified atom stereocenters. The summed E-state index contributed by atoms with van der Waals surface area (Å²) in [6, 6.07) is 60.4. The SMILES string of the molecule is c1ccc(-c2cc(-c3ccc4sc5cc6ccccc6cc5c4c3)cc(-c3cc(-c4ccccc4)nc(-c4ccccc4)n3)c2)cc1. The maximum absolute atomic E-state index is 5.17. The van der Waals surface area contributed by atoms with Gasteiger partial charge in [0.2, 0.25) is 0 Å². The van der Waals surface area contributed by atoms with Crippen molar-refractivity contribution in [2.45, 2.75) is 0 Å². The number of rotatable bonds is 5. The van der Waals surface area contributed by atoms with Gasteiger partial charge >= 0.3 is 0 Å².